The molecule has 1 fully saturated rings. The number of ether oxygens (including phenoxy) is 1. The molecule has 0 bridgehead atoms. The normalized spacial score (nSPS) is 19.8. The van der Waals surface area contributed by atoms with Crippen molar-refractivity contribution in [1.82, 2.24) is 5.06 Å². The highest BCUT2D eigenvalue weighted by molar-refractivity contribution is 6.06. The number of nitrogens with zero attached hydrogens (tertiary/aromatic N) is 4. The molecular weight excluding hydrogens is 544 g/mol. The third-order valence-electron chi connectivity index (χ3n) is 9.95. The third-order valence-corrected chi connectivity index (χ3v) is 9.95. The number of hydrogen-bond donors (Lipinski definition) is 0. The lowest BCUT2D eigenvalue weighted by Gasteiger charge is -2.43. The molecule has 43 heavy (non-hydrogen) atoms. The SMILES string of the molecule is C=C1CCC(=O)N1OC(=O)CCCC(=O)N1c2cc3c4c(c2Oc2c1cc1c5c2CCCN5CCC1)CCCN4CCC3. The zero-order valence-corrected chi connectivity index (χ0v) is 24.7. The van der Waals surface area contributed by atoms with Gasteiger partial charge < -0.3 is 19.4 Å². The van der Waals surface area contributed by atoms with E-state index >= 15 is 0 Å². The molecule has 2 aromatic carbocycles. The van der Waals surface area contributed by atoms with Crippen LogP contribution < -0.4 is 19.4 Å². The third kappa shape index (κ3) is 4.30. The summed E-state index contributed by atoms with van der Waals surface area (Å²) < 4.78 is 6.97. The maximum absolute atomic E-state index is 14.3. The van der Waals surface area contributed by atoms with E-state index in [4.69, 9.17) is 9.57 Å². The van der Waals surface area contributed by atoms with Gasteiger partial charge in [-0.2, -0.15) is 0 Å². The monoisotopic (exact) mass is 582 g/mol. The first kappa shape index (κ1) is 26.6. The molecule has 6 aliphatic rings. The van der Waals surface area contributed by atoms with Crippen LogP contribution in [0.25, 0.3) is 0 Å². The summed E-state index contributed by atoms with van der Waals surface area (Å²) in [4.78, 5) is 51.1. The van der Waals surface area contributed by atoms with Gasteiger partial charge in [-0.25, -0.2) is 4.79 Å². The molecule has 0 unspecified atom stereocenters. The van der Waals surface area contributed by atoms with Gasteiger partial charge in [0.25, 0.3) is 5.91 Å². The van der Waals surface area contributed by atoms with Gasteiger partial charge in [0.2, 0.25) is 5.91 Å². The highest BCUT2D eigenvalue weighted by atomic mass is 16.7. The largest absolute Gasteiger partial charge is 0.452 e. The number of rotatable bonds is 5. The summed E-state index contributed by atoms with van der Waals surface area (Å²) in [5.74, 6) is 0.838. The molecule has 9 heteroatoms. The van der Waals surface area contributed by atoms with Crippen LogP contribution in [0.3, 0.4) is 0 Å². The molecule has 0 N–H and O–H groups in total. The topological polar surface area (TPSA) is 82.6 Å². The van der Waals surface area contributed by atoms with Crippen LogP contribution in [-0.4, -0.2) is 49.0 Å². The number of fused-ring (bicyclic) bond motifs is 4. The van der Waals surface area contributed by atoms with Crippen molar-refractivity contribution >= 4 is 40.5 Å². The molecule has 6 aliphatic heterocycles. The van der Waals surface area contributed by atoms with Crippen molar-refractivity contribution in [2.24, 2.45) is 0 Å². The van der Waals surface area contributed by atoms with E-state index in [1.807, 2.05) is 4.90 Å². The Labute approximate surface area is 251 Å². The van der Waals surface area contributed by atoms with E-state index in [1.54, 1.807) is 0 Å². The van der Waals surface area contributed by atoms with Gasteiger partial charge in [0.05, 0.1) is 17.1 Å². The second-order valence-corrected chi connectivity index (χ2v) is 12.7. The first-order chi connectivity index (χ1) is 21.0. The van der Waals surface area contributed by atoms with Crippen LogP contribution in [0.15, 0.2) is 24.4 Å². The maximum Gasteiger partial charge on any atom is 0.333 e. The van der Waals surface area contributed by atoms with Gasteiger partial charge in [-0.3, -0.25) is 14.5 Å². The molecule has 2 aromatic rings. The average molecular weight is 583 g/mol. The molecule has 0 atom stereocenters. The van der Waals surface area contributed by atoms with E-state index in [9.17, 15) is 14.4 Å². The van der Waals surface area contributed by atoms with Gasteiger partial charge >= 0.3 is 5.97 Å². The second-order valence-electron chi connectivity index (χ2n) is 12.7. The lowest BCUT2D eigenvalue weighted by molar-refractivity contribution is -0.186. The lowest BCUT2D eigenvalue weighted by atomic mass is 9.87. The number of amides is 2. The molecule has 0 saturated carbocycles. The number of carbonyl (C=O) groups excluding carboxylic acids is 3. The Hall–Kier alpha value is -4.01. The van der Waals surface area contributed by atoms with Crippen molar-refractivity contribution in [3.05, 3.63) is 46.7 Å². The van der Waals surface area contributed by atoms with E-state index in [2.05, 4.69) is 28.5 Å². The number of carbonyl (C=O) groups is 3. The minimum absolute atomic E-state index is 0.0433. The molecule has 0 aliphatic carbocycles. The van der Waals surface area contributed by atoms with Crippen LogP contribution in [0.4, 0.5) is 22.7 Å². The predicted molar refractivity (Wildman–Crippen MR) is 163 cm³/mol. The molecule has 1 saturated heterocycles. The number of benzene rings is 2. The Morgan fingerprint density at radius 2 is 1.33 bits per heavy atom. The smallest absolute Gasteiger partial charge is 0.333 e. The van der Waals surface area contributed by atoms with Crippen molar-refractivity contribution in [2.45, 2.75) is 83.5 Å². The summed E-state index contributed by atoms with van der Waals surface area (Å²) in [6.07, 6.45) is 9.59. The maximum atomic E-state index is 14.3. The summed E-state index contributed by atoms with van der Waals surface area (Å²) in [7, 11) is 0. The van der Waals surface area contributed by atoms with Crippen molar-refractivity contribution in [3.8, 4) is 11.5 Å². The molecule has 9 nitrogen and oxygen atoms in total. The van der Waals surface area contributed by atoms with Gasteiger partial charge in [-0.05, 0) is 87.5 Å². The fraction of sp³-hybridized carbons (Fsp3) is 0.500. The standard InChI is InChI=1S/C34H38N4O5/c1-21-13-14-29(40)38(21)43-30(41)12-2-11-28(39)37-26-19-22-7-3-15-35-17-5-9-24(31(22)35)33(26)42-34-25-10-6-18-36-16-4-8-23(32(25)36)20-27(34)37/h19-20H,1-18H2. The van der Waals surface area contributed by atoms with E-state index in [1.165, 1.54) is 33.6 Å². The summed E-state index contributed by atoms with van der Waals surface area (Å²) in [5, 5.41) is 1.01. The van der Waals surface area contributed by atoms with Crippen LogP contribution in [0.5, 0.6) is 11.5 Å². The van der Waals surface area contributed by atoms with E-state index < -0.39 is 5.97 Å². The highest BCUT2D eigenvalue weighted by Crippen LogP contribution is 2.57. The Kier molecular flexibility index (Phi) is 6.38. The molecule has 0 radical (unpaired) electrons. The Balaban J connectivity index is 1.15. The number of hydrogen-bond acceptors (Lipinski definition) is 7. The molecule has 6 heterocycles. The molecule has 0 spiro atoms. The van der Waals surface area contributed by atoms with Crippen molar-refractivity contribution in [1.29, 1.82) is 0 Å². The lowest BCUT2D eigenvalue weighted by Crippen LogP contribution is -2.37. The van der Waals surface area contributed by atoms with Crippen molar-refractivity contribution in [2.75, 3.05) is 40.9 Å². The first-order valence-electron chi connectivity index (χ1n) is 16.1. The first-order valence-corrected chi connectivity index (χ1v) is 16.1. The second kappa shape index (κ2) is 10.3. The van der Waals surface area contributed by atoms with Crippen LogP contribution in [0.1, 0.15) is 80.0 Å². The van der Waals surface area contributed by atoms with E-state index in [0.29, 0.717) is 25.0 Å². The van der Waals surface area contributed by atoms with Crippen LogP contribution in [-0.2, 0) is 44.9 Å². The number of hydroxylamine groups is 2. The zero-order chi connectivity index (χ0) is 29.2. The van der Waals surface area contributed by atoms with Gasteiger partial charge in [-0.15, -0.1) is 5.06 Å². The van der Waals surface area contributed by atoms with Crippen LogP contribution >= 0.6 is 0 Å². The Bertz CT molecular complexity index is 1480. The summed E-state index contributed by atoms with van der Waals surface area (Å²) >= 11 is 0. The average Bonchev–Trinajstić information content (AvgIpc) is 3.33. The van der Waals surface area contributed by atoms with Crippen LogP contribution in [0.2, 0.25) is 0 Å². The predicted octanol–water partition coefficient (Wildman–Crippen LogP) is 5.62. The van der Waals surface area contributed by atoms with Gasteiger partial charge in [0.1, 0.15) is 0 Å². The van der Waals surface area contributed by atoms with Crippen molar-refractivity contribution < 1.29 is 24.0 Å². The van der Waals surface area contributed by atoms with Gasteiger partial charge in [-0.1, -0.05) is 6.58 Å². The Morgan fingerprint density at radius 1 is 0.767 bits per heavy atom. The van der Waals surface area contributed by atoms with Crippen molar-refractivity contribution in [3.63, 3.8) is 0 Å². The number of anilines is 4. The summed E-state index contributed by atoms with van der Waals surface area (Å²) in [6.45, 7) is 8.08. The fourth-order valence-corrected chi connectivity index (χ4v) is 8.08. The summed E-state index contributed by atoms with van der Waals surface area (Å²) in [6, 6.07) is 4.39. The summed E-state index contributed by atoms with van der Waals surface area (Å²) in [5.41, 5.74) is 9.88. The minimum atomic E-state index is -0.524. The van der Waals surface area contributed by atoms with E-state index in [0.717, 1.165) is 105 Å². The Morgan fingerprint density at radius 3 is 1.86 bits per heavy atom. The zero-order valence-electron chi connectivity index (χ0n) is 24.7. The van der Waals surface area contributed by atoms with Gasteiger partial charge in [0, 0.05) is 67.9 Å². The quantitative estimate of drug-likeness (QED) is 0.453. The fourth-order valence-electron chi connectivity index (χ4n) is 8.08. The molecule has 8 rings (SSSR count). The molecule has 2 amide bonds. The highest BCUT2D eigenvalue weighted by Gasteiger charge is 2.40. The number of aryl methyl sites for hydroxylation is 2. The van der Waals surface area contributed by atoms with Gasteiger partial charge in [0.15, 0.2) is 11.5 Å². The van der Waals surface area contributed by atoms with E-state index in [-0.39, 0.29) is 24.7 Å². The molecule has 224 valence electrons. The minimum Gasteiger partial charge on any atom is -0.452 e. The number of allylic oxidation sites excluding steroid dienone is 1. The molecule has 0 aromatic heterocycles. The molecular formula is C34H38N4O5. The van der Waals surface area contributed by atoms with Crippen LogP contribution in [0, 0.1) is 0 Å².